The quantitative estimate of drug-likeness (QED) is 0.418. The summed E-state index contributed by atoms with van der Waals surface area (Å²) in [5.41, 5.74) is 3.17. The molecule has 3 aromatic heterocycles. The van der Waals surface area contributed by atoms with Crippen LogP contribution in [0.1, 0.15) is 10.9 Å². The van der Waals surface area contributed by atoms with Crippen molar-refractivity contribution in [3.8, 4) is 21.7 Å². The van der Waals surface area contributed by atoms with Crippen LogP contribution >= 0.6 is 34.3 Å². The molecule has 1 saturated heterocycles. The second-order valence-corrected chi connectivity index (χ2v) is 11.5. The number of nitrogens with one attached hydrogen (secondary N) is 2. The number of thiazole rings is 1. The molecular formula is C20H15ClFN5O2S3. The molecule has 0 amide bonds. The van der Waals surface area contributed by atoms with Gasteiger partial charge in [-0.1, -0.05) is 17.7 Å². The number of thiophene rings is 1. The summed E-state index contributed by atoms with van der Waals surface area (Å²) in [6.45, 7) is 0. The van der Waals surface area contributed by atoms with Gasteiger partial charge in [0.2, 0.25) is 16.0 Å². The summed E-state index contributed by atoms with van der Waals surface area (Å²) in [7, 11) is -2.32. The van der Waals surface area contributed by atoms with E-state index in [0.29, 0.717) is 31.2 Å². The normalized spacial score (nSPS) is 18.2. The van der Waals surface area contributed by atoms with Crippen molar-refractivity contribution in [2.75, 3.05) is 12.8 Å². The second-order valence-electron chi connectivity index (χ2n) is 7.17. The Balaban J connectivity index is 1.61. The van der Waals surface area contributed by atoms with Crippen molar-refractivity contribution in [1.29, 1.82) is 5.41 Å². The van der Waals surface area contributed by atoms with Crippen LogP contribution in [0.15, 0.2) is 42.2 Å². The van der Waals surface area contributed by atoms with E-state index < -0.39 is 21.9 Å². The first kappa shape index (κ1) is 21.3. The van der Waals surface area contributed by atoms with Gasteiger partial charge in [0, 0.05) is 35.3 Å². The van der Waals surface area contributed by atoms with Crippen molar-refractivity contribution < 1.29 is 12.8 Å². The number of halogens is 2. The van der Waals surface area contributed by atoms with Crippen LogP contribution in [0.5, 0.6) is 0 Å². The van der Waals surface area contributed by atoms with Gasteiger partial charge in [0.05, 0.1) is 37.6 Å². The van der Waals surface area contributed by atoms with Crippen molar-refractivity contribution in [1.82, 2.24) is 19.6 Å². The van der Waals surface area contributed by atoms with Crippen LogP contribution in [0.25, 0.3) is 31.8 Å². The minimum absolute atomic E-state index is 0.224. The third kappa shape index (κ3) is 3.45. The van der Waals surface area contributed by atoms with Crippen LogP contribution in [0.4, 0.5) is 4.39 Å². The van der Waals surface area contributed by atoms with Crippen molar-refractivity contribution in [2.45, 2.75) is 6.04 Å². The van der Waals surface area contributed by atoms with Gasteiger partial charge in [-0.15, -0.1) is 22.7 Å². The minimum atomic E-state index is -3.64. The molecule has 0 saturated carbocycles. The number of pyridine rings is 1. The highest BCUT2D eigenvalue weighted by Gasteiger charge is 2.35. The van der Waals surface area contributed by atoms with Crippen LogP contribution in [0.2, 0.25) is 5.02 Å². The van der Waals surface area contributed by atoms with Crippen molar-refractivity contribution in [3.63, 3.8) is 0 Å². The van der Waals surface area contributed by atoms with E-state index in [1.165, 1.54) is 35.8 Å². The molecule has 2 N–H and O–H groups in total. The number of hydrogen-bond donors (Lipinski definition) is 2. The Labute approximate surface area is 196 Å². The van der Waals surface area contributed by atoms with Gasteiger partial charge in [0.25, 0.3) is 0 Å². The number of benzene rings is 1. The van der Waals surface area contributed by atoms with Crippen LogP contribution in [-0.4, -0.2) is 41.5 Å². The SMILES string of the molecule is CN1C(=N)NC(c2sc3c(-c4ccc(-c5cncs5)cc4F)nccc3c2Cl)CS1(=O)=O. The summed E-state index contributed by atoms with van der Waals surface area (Å²) in [4.78, 5) is 9.86. The molecule has 0 spiro atoms. The molecule has 0 bridgehead atoms. The minimum Gasteiger partial charge on any atom is -0.347 e. The number of rotatable bonds is 3. The Morgan fingerprint density at radius 2 is 2.16 bits per heavy atom. The highest BCUT2D eigenvalue weighted by atomic mass is 35.5. The number of sulfonamides is 1. The standard InChI is InChI=1S/C20H15ClFN5O2S3/c1-27-20(23)26-14(8-32(27,28)29)19-16(21)12-4-5-25-17(18(12)31-19)11-3-2-10(6-13(11)22)15-7-24-9-30-15/h2-7,9,14H,8H2,1H3,(H2,23,26). The van der Waals surface area contributed by atoms with Gasteiger partial charge < -0.3 is 5.32 Å². The fourth-order valence-corrected chi connectivity index (χ4v) is 7.20. The van der Waals surface area contributed by atoms with Crippen LogP contribution in [0.3, 0.4) is 0 Å². The summed E-state index contributed by atoms with van der Waals surface area (Å²) in [5, 5.41) is 11.9. The molecule has 7 nitrogen and oxygen atoms in total. The molecule has 1 atom stereocenters. The molecule has 0 aliphatic carbocycles. The second kappa shape index (κ2) is 7.77. The van der Waals surface area contributed by atoms with Gasteiger partial charge >= 0.3 is 0 Å². The Hall–Kier alpha value is -2.60. The molecule has 1 fully saturated rings. The largest absolute Gasteiger partial charge is 0.347 e. The molecular weight excluding hydrogens is 493 g/mol. The molecule has 164 valence electrons. The maximum absolute atomic E-state index is 15.1. The molecule has 32 heavy (non-hydrogen) atoms. The molecule has 1 unspecified atom stereocenters. The Morgan fingerprint density at radius 1 is 1.34 bits per heavy atom. The average molecular weight is 508 g/mol. The highest BCUT2D eigenvalue weighted by Crippen LogP contribution is 2.44. The lowest BCUT2D eigenvalue weighted by atomic mass is 10.1. The number of guanidine groups is 1. The zero-order valence-electron chi connectivity index (χ0n) is 16.5. The van der Waals surface area contributed by atoms with E-state index in [1.807, 2.05) is 6.07 Å². The van der Waals surface area contributed by atoms with Crippen molar-refractivity contribution in [3.05, 3.63) is 57.9 Å². The van der Waals surface area contributed by atoms with E-state index >= 15 is 4.39 Å². The smallest absolute Gasteiger partial charge is 0.239 e. The zero-order valence-corrected chi connectivity index (χ0v) is 19.7. The van der Waals surface area contributed by atoms with Crippen molar-refractivity contribution in [2.24, 2.45) is 0 Å². The maximum Gasteiger partial charge on any atom is 0.239 e. The van der Waals surface area contributed by atoms with E-state index in [9.17, 15) is 8.42 Å². The van der Waals surface area contributed by atoms with Crippen LogP contribution < -0.4 is 5.32 Å². The lowest BCUT2D eigenvalue weighted by Gasteiger charge is -2.31. The molecule has 12 heteroatoms. The van der Waals surface area contributed by atoms with Gasteiger partial charge in [-0.3, -0.25) is 15.4 Å². The van der Waals surface area contributed by atoms with E-state index in [4.69, 9.17) is 17.0 Å². The fourth-order valence-electron chi connectivity index (χ4n) is 3.55. The fraction of sp³-hybridized carbons (Fsp3) is 0.150. The van der Waals surface area contributed by atoms with Crippen molar-refractivity contribution >= 4 is 60.3 Å². The summed E-state index contributed by atoms with van der Waals surface area (Å²) in [6, 6.07) is 5.98. The van der Waals surface area contributed by atoms with Crippen LogP contribution in [0, 0.1) is 11.2 Å². The monoisotopic (exact) mass is 507 g/mol. The lowest BCUT2D eigenvalue weighted by Crippen LogP contribution is -2.51. The Kier molecular flexibility index (Phi) is 5.16. The number of nitrogens with zero attached hydrogens (tertiary/aromatic N) is 3. The molecule has 0 radical (unpaired) electrons. The first-order valence-corrected chi connectivity index (χ1v) is 13.0. The maximum atomic E-state index is 15.1. The zero-order chi connectivity index (χ0) is 22.6. The van der Waals surface area contributed by atoms with Crippen LogP contribution in [-0.2, 0) is 10.0 Å². The predicted octanol–water partition coefficient (Wildman–Crippen LogP) is 4.72. The van der Waals surface area contributed by atoms with E-state index in [1.54, 1.807) is 30.0 Å². The topological polar surface area (TPSA) is 99.0 Å². The third-order valence-electron chi connectivity index (χ3n) is 5.25. The van der Waals surface area contributed by atoms with Gasteiger partial charge in [-0.2, -0.15) is 0 Å². The Morgan fingerprint density at radius 3 is 2.84 bits per heavy atom. The summed E-state index contributed by atoms with van der Waals surface area (Å²) < 4.78 is 41.5. The predicted molar refractivity (Wildman–Crippen MR) is 126 cm³/mol. The number of fused-ring (bicyclic) bond motifs is 1. The third-order valence-corrected chi connectivity index (χ3v) is 9.69. The van der Waals surface area contributed by atoms with E-state index in [-0.39, 0.29) is 11.7 Å². The van der Waals surface area contributed by atoms with E-state index in [0.717, 1.165) is 14.7 Å². The summed E-state index contributed by atoms with van der Waals surface area (Å²) >= 11 is 9.30. The number of hydrogen-bond acceptors (Lipinski definition) is 7. The average Bonchev–Trinajstić information content (AvgIpc) is 3.40. The van der Waals surface area contributed by atoms with E-state index in [2.05, 4.69) is 15.3 Å². The van der Waals surface area contributed by atoms with Gasteiger partial charge in [0.1, 0.15) is 5.82 Å². The van der Waals surface area contributed by atoms with Gasteiger partial charge in [0.15, 0.2) is 0 Å². The first-order valence-electron chi connectivity index (χ1n) is 9.33. The number of aromatic nitrogens is 2. The summed E-state index contributed by atoms with van der Waals surface area (Å²) in [6.07, 6.45) is 3.24. The summed E-state index contributed by atoms with van der Waals surface area (Å²) in [5.74, 6) is -0.888. The lowest BCUT2D eigenvalue weighted by molar-refractivity contribution is 0.508. The molecule has 5 rings (SSSR count). The molecule has 4 aromatic rings. The molecule has 1 aromatic carbocycles. The molecule has 1 aliphatic rings. The molecule has 1 aliphatic heterocycles. The highest BCUT2D eigenvalue weighted by molar-refractivity contribution is 7.89. The first-order chi connectivity index (χ1) is 15.3. The Bertz CT molecular complexity index is 1470. The van der Waals surface area contributed by atoms with Gasteiger partial charge in [-0.05, 0) is 23.8 Å². The van der Waals surface area contributed by atoms with Gasteiger partial charge in [-0.25, -0.2) is 17.1 Å². The molecule has 4 heterocycles.